The molecule has 0 saturated carbocycles. The number of carbonyl (C=O) groups excluding carboxylic acids is 1. The fourth-order valence-electron chi connectivity index (χ4n) is 3.13. The maximum Gasteiger partial charge on any atom is 0.266 e. The molecule has 3 aromatic rings. The SMILES string of the molecule is COc1cc(/C=C(\C#N)C(=O)Nc2cc(Cl)ccc2C)cc(I)c1Cc1ccccc1Br. The van der Waals surface area contributed by atoms with Crippen LogP contribution >= 0.6 is 50.1 Å². The van der Waals surface area contributed by atoms with Gasteiger partial charge in [0.2, 0.25) is 0 Å². The third-order valence-corrected chi connectivity index (χ3v) is 6.82. The summed E-state index contributed by atoms with van der Waals surface area (Å²) in [6.45, 7) is 1.86. The van der Waals surface area contributed by atoms with Gasteiger partial charge < -0.3 is 10.1 Å². The van der Waals surface area contributed by atoms with Gasteiger partial charge in [0.25, 0.3) is 5.91 Å². The Morgan fingerprint density at radius 3 is 2.69 bits per heavy atom. The van der Waals surface area contributed by atoms with E-state index >= 15 is 0 Å². The number of halogens is 3. The molecule has 0 unspecified atom stereocenters. The Morgan fingerprint density at radius 2 is 2.00 bits per heavy atom. The molecule has 0 saturated heterocycles. The molecule has 162 valence electrons. The summed E-state index contributed by atoms with van der Waals surface area (Å²) < 4.78 is 7.64. The van der Waals surface area contributed by atoms with E-state index in [1.165, 1.54) is 0 Å². The first-order valence-electron chi connectivity index (χ1n) is 9.61. The van der Waals surface area contributed by atoms with Crippen LogP contribution in [0, 0.1) is 21.8 Å². The number of nitriles is 1. The van der Waals surface area contributed by atoms with Gasteiger partial charge >= 0.3 is 0 Å². The zero-order chi connectivity index (χ0) is 23.3. The van der Waals surface area contributed by atoms with Crippen molar-refractivity contribution in [1.82, 2.24) is 0 Å². The van der Waals surface area contributed by atoms with Crippen LogP contribution in [0.4, 0.5) is 5.69 Å². The second-order valence-electron chi connectivity index (χ2n) is 7.03. The molecule has 0 fully saturated rings. The Balaban J connectivity index is 1.91. The van der Waals surface area contributed by atoms with Crippen LogP contribution in [-0.4, -0.2) is 13.0 Å². The van der Waals surface area contributed by atoms with E-state index in [-0.39, 0.29) is 5.57 Å². The number of benzene rings is 3. The van der Waals surface area contributed by atoms with Crippen LogP contribution in [0.25, 0.3) is 6.08 Å². The van der Waals surface area contributed by atoms with Crippen LogP contribution in [-0.2, 0) is 11.2 Å². The van der Waals surface area contributed by atoms with Crippen LogP contribution in [0.2, 0.25) is 5.02 Å². The molecule has 0 atom stereocenters. The lowest BCUT2D eigenvalue weighted by Gasteiger charge is -2.14. The average molecular weight is 622 g/mol. The van der Waals surface area contributed by atoms with E-state index in [0.717, 1.165) is 24.7 Å². The molecule has 0 radical (unpaired) electrons. The Hall–Kier alpha value is -2.34. The highest BCUT2D eigenvalue weighted by molar-refractivity contribution is 14.1. The summed E-state index contributed by atoms with van der Waals surface area (Å²) in [5.41, 5.74) is 4.29. The predicted octanol–water partition coefficient (Wildman–Crippen LogP) is 7.16. The first kappa shape index (κ1) is 24.3. The molecule has 3 aromatic carbocycles. The minimum absolute atomic E-state index is 0.0132. The number of aryl methyl sites for hydroxylation is 1. The Bertz CT molecular complexity index is 1250. The van der Waals surface area contributed by atoms with Gasteiger partial charge in [-0.3, -0.25) is 4.79 Å². The highest BCUT2D eigenvalue weighted by atomic mass is 127. The van der Waals surface area contributed by atoms with Crippen LogP contribution < -0.4 is 10.1 Å². The van der Waals surface area contributed by atoms with Crippen LogP contribution in [0.3, 0.4) is 0 Å². The average Bonchev–Trinajstić information content (AvgIpc) is 2.77. The number of methoxy groups -OCH3 is 1. The molecule has 4 nitrogen and oxygen atoms in total. The second kappa shape index (κ2) is 11.0. The zero-order valence-electron chi connectivity index (χ0n) is 17.4. The molecule has 32 heavy (non-hydrogen) atoms. The predicted molar refractivity (Wildman–Crippen MR) is 141 cm³/mol. The number of carbonyl (C=O) groups is 1. The third kappa shape index (κ3) is 5.91. The van der Waals surface area contributed by atoms with E-state index in [0.29, 0.717) is 28.4 Å². The highest BCUT2D eigenvalue weighted by Crippen LogP contribution is 2.31. The minimum atomic E-state index is -0.496. The van der Waals surface area contributed by atoms with Crippen molar-refractivity contribution in [3.8, 4) is 11.8 Å². The molecule has 0 aliphatic carbocycles. The Labute approximate surface area is 214 Å². The smallest absolute Gasteiger partial charge is 0.266 e. The fourth-order valence-corrected chi connectivity index (χ4v) is 4.55. The van der Waals surface area contributed by atoms with Crippen LogP contribution in [0.5, 0.6) is 5.75 Å². The van der Waals surface area contributed by atoms with Crippen molar-refractivity contribution in [2.24, 2.45) is 0 Å². The normalized spacial score (nSPS) is 11.1. The van der Waals surface area contributed by atoms with Gasteiger partial charge in [0.15, 0.2) is 0 Å². The van der Waals surface area contributed by atoms with E-state index in [9.17, 15) is 10.1 Å². The van der Waals surface area contributed by atoms with E-state index in [1.807, 2.05) is 49.4 Å². The monoisotopic (exact) mass is 620 g/mol. The lowest BCUT2D eigenvalue weighted by atomic mass is 10.0. The Kier molecular flexibility index (Phi) is 8.35. The minimum Gasteiger partial charge on any atom is -0.496 e. The molecule has 0 heterocycles. The number of hydrogen-bond donors (Lipinski definition) is 1. The van der Waals surface area contributed by atoms with Gasteiger partial charge in [-0.05, 0) is 82.6 Å². The molecule has 3 rings (SSSR count). The van der Waals surface area contributed by atoms with Crippen molar-refractivity contribution in [2.75, 3.05) is 12.4 Å². The maximum absolute atomic E-state index is 12.7. The number of ether oxygens (including phenoxy) is 1. The number of nitrogens with zero attached hydrogens (tertiary/aromatic N) is 1. The number of rotatable bonds is 6. The van der Waals surface area contributed by atoms with Gasteiger partial charge in [-0.25, -0.2) is 0 Å². The number of anilines is 1. The molecule has 0 aliphatic heterocycles. The van der Waals surface area contributed by atoms with Crippen LogP contribution in [0.15, 0.2) is 64.6 Å². The number of hydrogen-bond acceptors (Lipinski definition) is 3. The standard InChI is InChI=1S/C25H19BrClIN2O2/c1-15-7-8-19(27)13-23(15)30-25(31)18(14-29)9-16-10-22(28)20(24(11-16)32-2)12-17-5-3-4-6-21(17)26/h3-11,13H,12H2,1-2H3,(H,30,31)/b18-9+. The summed E-state index contributed by atoms with van der Waals surface area (Å²) in [6, 6.07) is 19.0. The summed E-state index contributed by atoms with van der Waals surface area (Å²) in [5, 5.41) is 12.9. The fraction of sp³-hybridized carbons (Fsp3) is 0.120. The van der Waals surface area contributed by atoms with Crippen molar-refractivity contribution >= 4 is 67.8 Å². The summed E-state index contributed by atoms with van der Waals surface area (Å²) in [5.74, 6) is 0.200. The maximum atomic E-state index is 12.7. The van der Waals surface area contributed by atoms with Gasteiger partial charge in [-0.15, -0.1) is 0 Å². The molecule has 0 bridgehead atoms. The second-order valence-corrected chi connectivity index (χ2v) is 9.49. The molecule has 7 heteroatoms. The van der Waals surface area contributed by atoms with Crippen molar-refractivity contribution < 1.29 is 9.53 Å². The largest absolute Gasteiger partial charge is 0.496 e. The highest BCUT2D eigenvalue weighted by Gasteiger charge is 2.15. The summed E-state index contributed by atoms with van der Waals surface area (Å²) in [6.07, 6.45) is 2.24. The molecule has 1 amide bonds. The van der Waals surface area contributed by atoms with E-state index in [1.54, 1.807) is 25.3 Å². The third-order valence-electron chi connectivity index (χ3n) is 4.85. The van der Waals surface area contributed by atoms with Crippen LogP contribution in [0.1, 0.15) is 22.3 Å². The summed E-state index contributed by atoms with van der Waals surface area (Å²) in [4.78, 5) is 12.7. The topological polar surface area (TPSA) is 62.1 Å². The zero-order valence-corrected chi connectivity index (χ0v) is 21.9. The van der Waals surface area contributed by atoms with Gasteiger partial charge in [0, 0.05) is 30.7 Å². The lowest BCUT2D eigenvalue weighted by molar-refractivity contribution is -0.112. The van der Waals surface area contributed by atoms with Gasteiger partial charge in [-0.2, -0.15) is 5.26 Å². The van der Waals surface area contributed by atoms with E-state index in [4.69, 9.17) is 16.3 Å². The molecular weight excluding hydrogens is 603 g/mol. The first-order valence-corrected chi connectivity index (χ1v) is 11.9. The van der Waals surface area contributed by atoms with Gasteiger partial charge in [0.1, 0.15) is 17.4 Å². The van der Waals surface area contributed by atoms with Gasteiger partial charge in [0.05, 0.1) is 7.11 Å². The van der Waals surface area contributed by atoms with Crippen molar-refractivity contribution in [3.63, 3.8) is 0 Å². The molecule has 0 aliphatic rings. The molecule has 0 aromatic heterocycles. The number of amides is 1. The van der Waals surface area contributed by atoms with Crippen molar-refractivity contribution in [3.05, 3.63) is 95.5 Å². The molecular formula is C25H19BrClIN2O2. The van der Waals surface area contributed by atoms with Crippen molar-refractivity contribution in [1.29, 1.82) is 5.26 Å². The van der Waals surface area contributed by atoms with E-state index in [2.05, 4.69) is 49.9 Å². The quantitative estimate of drug-likeness (QED) is 0.181. The summed E-state index contributed by atoms with van der Waals surface area (Å²) in [7, 11) is 1.61. The molecule has 0 spiro atoms. The van der Waals surface area contributed by atoms with Gasteiger partial charge in [-0.1, -0.05) is 51.8 Å². The summed E-state index contributed by atoms with van der Waals surface area (Å²) >= 11 is 11.9. The number of nitrogens with one attached hydrogen (secondary N) is 1. The molecule has 1 N–H and O–H groups in total. The first-order chi connectivity index (χ1) is 15.3. The van der Waals surface area contributed by atoms with Crippen molar-refractivity contribution in [2.45, 2.75) is 13.3 Å². The van der Waals surface area contributed by atoms with E-state index < -0.39 is 5.91 Å². The Morgan fingerprint density at radius 1 is 1.25 bits per heavy atom. The lowest BCUT2D eigenvalue weighted by Crippen LogP contribution is -2.14.